The SMILES string of the molecule is CCC(CC)C(CNC(=NC)NCCc1cccnc1)N1CCOCC1. The molecule has 0 aromatic carbocycles. The van der Waals surface area contributed by atoms with Gasteiger partial charge in [0.15, 0.2) is 5.96 Å². The molecule has 1 aliphatic rings. The lowest BCUT2D eigenvalue weighted by atomic mass is 9.92. The van der Waals surface area contributed by atoms with Crippen LogP contribution in [0.1, 0.15) is 32.3 Å². The number of morpholine rings is 1. The first-order chi connectivity index (χ1) is 12.8. The van der Waals surface area contributed by atoms with Gasteiger partial charge in [-0.3, -0.25) is 14.9 Å². The van der Waals surface area contributed by atoms with Crippen molar-refractivity contribution in [2.24, 2.45) is 10.9 Å². The van der Waals surface area contributed by atoms with Gasteiger partial charge in [-0.2, -0.15) is 0 Å². The minimum Gasteiger partial charge on any atom is -0.379 e. The van der Waals surface area contributed by atoms with Gasteiger partial charge in [0.1, 0.15) is 0 Å². The number of aliphatic imine (C=N–C) groups is 1. The molecule has 26 heavy (non-hydrogen) atoms. The molecule has 2 heterocycles. The number of nitrogens with zero attached hydrogens (tertiary/aromatic N) is 3. The Bertz CT molecular complexity index is 512. The highest BCUT2D eigenvalue weighted by Crippen LogP contribution is 2.19. The van der Waals surface area contributed by atoms with Crippen molar-refractivity contribution < 1.29 is 4.74 Å². The van der Waals surface area contributed by atoms with Crippen LogP contribution in [0.15, 0.2) is 29.5 Å². The van der Waals surface area contributed by atoms with Crippen molar-refractivity contribution in [2.45, 2.75) is 39.2 Å². The van der Waals surface area contributed by atoms with E-state index in [-0.39, 0.29) is 0 Å². The third-order valence-corrected chi connectivity index (χ3v) is 5.24. The van der Waals surface area contributed by atoms with E-state index < -0.39 is 0 Å². The Morgan fingerprint density at radius 1 is 1.27 bits per heavy atom. The average molecular weight is 362 g/mol. The van der Waals surface area contributed by atoms with Gasteiger partial charge in [0.05, 0.1) is 13.2 Å². The molecule has 1 aromatic heterocycles. The Morgan fingerprint density at radius 2 is 2.04 bits per heavy atom. The number of rotatable bonds is 9. The molecule has 146 valence electrons. The molecule has 0 bridgehead atoms. The molecule has 2 N–H and O–H groups in total. The number of guanidine groups is 1. The fraction of sp³-hybridized carbons (Fsp3) is 0.700. The fourth-order valence-electron chi connectivity index (χ4n) is 3.63. The quantitative estimate of drug-likeness (QED) is 0.520. The molecule has 1 saturated heterocycles. The Balaban J connectivity index is 1.84. The first kappa shape index (κ1) is 20.6. The van der Waals surface area contributed by atoms with Crippen LogP contribution in [0.4, 0.5) is 0 Å². The van der Waals surface area contributed by atoms with Crippen molar-refractivity contribution >= 4 is 5.96 Å². The van der Waals surface area contributed by atoms with Crippen molar-refractivity contribution in [3.63, 3.8) is 0 Å². The van der Waals surface area contributed by atoms with E-state index in [2.05, 4.69) is 45.4 Å². The van der Waals surface area contributed by atoms with Crippen LogP contribution in [-0.4, -0.2) is 68.3 Å². The average Bonchev–Trinajstić information content (AvgIpc) is 2.71. The van der Waals surface area contributed by atoms with Gasteiger partial charge in [0.25, 0.3) is 0 Å². The van der Waals surface area contributed by atoms with Crippen LogP contribution in [-0.2, 0) is 11.2 Å². The van der Waals surface area contributed by atoms with Crippen LogP contribution >= 0.6 is 0 Å². The Morgan fingerprint density at radius 3 is 2.65 bits per heavy atom. The van der Waals surface area contributed by atoms with E-state index in [9.17, 15) is 0 Å². The Labute approximate surface area is 158 Å². The van der Waals surface area contributed by atoms with Gasteiger partial charge >= 0.3 is 0 Å². The van der Waals surface area contributed by atoms with Crippen molar-refractivity contribution in [1.82, 2.24) is 20.5 Å². The van der Waals surface area contributed by atoms with Gasteiger partial charge in [-0.1, -0.05) is 32.8 Å². The molecule has 0 aliphatic carbocycles. The van der Waals surface area contributed by atoms with E-state index >= 15 is 0 Å². The van der Waals surface area contributed by atoms with Gasteiger partial charge in [-0.25, -0.2) is 0 Å². The predicted octanol–water partition coefficient (Wildman–Crippen LogP) is 1.93. The Kier molecular flexibility index (Phi) is 9.42. The number of nitrogens with one attached hydrogen (secondary N) is 2. The maximum atomic E-state index is 5.54. The summed E-state index contributed by atoms with van der Waals surface area (Å²) in [4.78, 5) is 11.1. The summed E-state index contributed by atoms with van der Waals surface area (Å²) in [5.74, 6) is 1.56. The molecule has 1 fully saturated rings. The van der Waals surface area contributed by atoms with E-state index in [0.717, 1.165) is 51.8 Å². The standard InChI is InChI=1S/C20H35N5O/c1-4-18(5-2)19(25-11-13-26-14-12-25)16-24-20(21-3)23-10-8-17-7-6-9-22-15-17/h6-7,9,15,18-19H,4-5,8,10-14,16H2,1-3H3,(H2,21,23,24). The van der Waals surface area contributed by atoms with Crippen molar-refractivity contribution in [3.8, 4) is 0 Å². The van der Waals surface area contributed by atoms with Crippen molar-refractivity contribution in [3.05, 3.63) is 30.1 Å². The summed E-state index contributed by atoms with van der Waals surface area (Å²) in [6.07, 6.45) is 7.06. The topological polar surface area (TPSA) is 61.8 Å². The number of hydrogen-bond donors (Lipinski definition) is 2. The van der Waals surface area contributed by atoms with E-state index in [1.165, 1.54) is 18.4 Å². The van der Waals surface area contributed by atoms with Crippen LogP contribution in [0.2, 0.25) is 0 Å². The molecular weight excluding hydrogens is 326 g/mol. The molecule has 1 atom stereocenters. The smallest absolute Gasteiger partial charge is 0.191 e. The second kappa shape index (κ2) is 11.9. The third kappa shape index (κ3) is 6.57. The molecule has 6 nitrogen and oxygen atoms in total. The molecule has 0 radical (unpaired) electrons. The highest BCUT2D eigenvalue weighted by atomic mass is 16.5. The zero-order valence-corrected chi connectivity index (χ0v) is 16.6. The van der Waals surface area contributed by atoms with Gasteiger partial charge < -0.3 is 15.4 Å². The highest BCUT2D eigenvalue weighted by Gasteiger charge is 2.26. The number of hydrogen-bond acceptors (Lipinski definition) is 4. The molecule has 0 saturated carbocycles. The number of ether oxygens (including phenoxy) is 1. The molecule has 0 amide bonds. The highest BCUT2D eigenvalue weighted by molar-refractivity contribution is 5.79. The van der Waals surface area contributed by atoms with E-state index in [1.807, 2.05) is 19.3 Å². The molecule has 1 aromatic rings. The van der Waals surface area contributed by atoms with E-state index in [1.54, 1.807) is 6.20 Å². The lowest BCUT2D eigenvalue weighted by Crippen LogP contribution is -2.53. The molecule has 1 unspecified atom stereocenters. The zero-order valence-electron chi connectivity index (χ0n) is 16.6. The van der Waals surface area contributed by atoms with Gasteiger partial charge in [0.2, 0.25) is 0 Å². The maximum Gasteiger partial charge on any atom is 0.191 e. The zero-order chi connectivity index (χ0) is 18.6. The predicted molar refractivity (Wildman–Crippen MR) is 108 cm³/mol. The summed E-state index contributed by atoms with van der Waals surface area (Å²) in [5.41, 5.74) is 1.23. The van der Waals surface area contributed by atoms with Crippen molar-refractivity contribution in [2.75, 3.05) is 46.4 Å². The minimum absolute atomic E-state index is 0.519. The van der Waals surface area contributed by atoms with Crippen LogP contribution in [0.3, 0.4) is 0 Å². The Hall–Kier alpha value is -1.66. The first-order valence-electron chi connectivity index (χ1n) is 9.93. The molecular formula is C20H35N5O. The summed E-state index contributed by atoms with van der Waals surface area (Å²) in [7, 11) is 1.83. The number of pyridine rings is 1. The lowest BCUT2D eigenvalue weighted by molar-refractivity contribution is 0.00272. The van der Waals surface area contributed by atoms with Gasteiger partial charge in [-0.05, 0) is 24.0 Å². The van der Waals surface area contributed by atoms with Crippen LogP contribution < -0.4 is 10.6 Å². The van der Waals surface area contributed by atoms with Gasteiger partial charge in [0, 0.05) is 51.7 Å². The normalized spacial score (nSPS) is 17.3. The molecule has 1 aliphatic heterocycles. The maximum absolute atomic E-state index is 5.54. The van der Waals surface area contributed by atoms with Gasteiger partial charge in [-0.15, -0.1) is 0 Å². The van der Waals surface area contributed by atoms with Crippen LogP contribution in [0.25, 0.3) is 0 Å². The fourth-order valence-corrected chi connectivity index (χ4v) is 3.63. The summed E-state index contributed by atoms with van der Waals surface area (Å²) in [5, 5.41) is 6.96. The molecule has 6 heteroatoms. The van der Waals surface area contributed by atoms with Crippen LogP contribution in [0.5, 0.6) is 0 Å². The summed E-state index contributed by atoms with van der Waals surface area (Å²) >= 11 is 0. The second-order valence-electron chi connectivity index (χ2n) is 6.78. The van der Waals surface area contributed by atoms with Crippen LogP contribution in [0, 0.1) is 5.92 Å². The monoisotopic (exact) mass is 361 g/mol. The molecule has 2 rings (SSSR count). The number of aromatic nitrogens is 1. The summed E-state index contributed by atoms with van der Waals surface area (Å²) < 4.78 is 5.54. The largest absolute Gasteiger partial charge is 0.379 e. The minimum atomic E-state index is 0.519. The lowest BCUT2D eigenvalue weighted by Gasteiger charge is -2.39. The third-order valence-electron chi connectivity index (χ3n) is 5.24. The van der Waals surface area contributed by atoms with Crippen molar-refractivity contribution in [1.29, 1.82) is 0 Å². The second-order valence-corrected chi connectivity index (χ2v) is 6.78. The molecule has 0 spiro atoms. The summed E-state index contributed by atoms with van der Waals surface area (Å²) in [6.45, 7) is 10.1. The van der Waals surface area contributed by atoms with E-state index in [0.29, 0.717) is 12.0 Å². The van der Waals surface area contributed by atoms with E-state index in [4.69, 9.17) is 4.74 Å². The first-order valence-corrected chi connectivity index (χ1v) is 9.93. The summed E-state index contributed by atoms with van der Waals surface area (Å²) in [6, 6.07) is 4.60.